The summed E-state index contributed by atoms with van der Waals surface area (Å²) in [6.45, 7) is 1.94. The minimum Gasteiger partial charge on any atom is -0.475 e. The number of ether oxygens (including phenoxy) is 2. The summed E-state index contributed by atoms with van der Waals surface area (Å²) in [5, 5.41) is 0. The summed E-state index contributed by atoms with van der Waals surface area (Å²) in [7, 11) is 0. The molecule has 0 unspecified atom stereocenters. The van der Waals surface area contributed by atoms with Crippen molar-refractivity contribution in [3.63, 3.8) is 0 Å². The van der Waals surface area contributed by atoms with Crippen LogP contribution in [0.4, 0.5) is 0 Å². The minimum absolute atomic E-state index is 0.358. The van der Waals surface area contributed by atoms with Crippen molar-refractivity contribution < 1.29 is 9.47 Å². The first kappa shape index (κ1) is 3.68. The monoisotopic (exact) mass is 85.0 g/mol. The Morgan fingerprint density at radius 3 is 2.50 bits per heavy atom. The van der Waals surface area contributed by atoms with E-state index in [0.29, 0.717) is 6.79 Å². The molecule has 1 heterocycles. The quantitative estimate of drug-likeness (QED) is 0.430. The highest BCUT2D eigenvalue weighted by molar-refractivity contribution is 4.84. The average Bonchev–Trinajstić information content (AvgIpc) is 1.72. The van der Waals surface area contributed by atoms with Crippen LogP contribution in [0.2, 0.25) is 0 Å². The molecule has 0 aliphatic carbocycles. The summed E-state index contributed by atoms with van der Waals surface area (Å²) >= 11 is 0. The zero-order valence-electron chi connectivity index (χ0n) is 3.26. The van der Waals surface area contributed by atoms with Crippen LogP contribution < -0.4 is 0 Å². The molecular weight excluding hydrogens is 80.0 g/mol. The minimum atomic E-state index is 0.358. The molecule has 0 aromatic heterocycles. The normalized spacial score (nSPS) is 20.0. The first-order valence-electron chi connectivity index (χ1n) is 1.72. The van der Waals surface area contributed by atoms with Gasteiger partial charge in [0.2, 0.25) is 0 Å². The first-order chi connectivity index (χ1) is 3.00. The lowest BCUT2D eigenvalue weighted by Crippen LogP contribution is -1.95. The fraction of sp³-hybridized carbons (Fsp3) is 0.250. The molecule has 0 atom stereocenters. The van der Waals surface area contributed by atoms with E-state index in [0.717, 1.165) is 0 Å². The van der Waals surface area contributed by atoms with E-state index < -0.39 is 0 Å². The Kier molecular flexibility index (Phi) is 1.12. The predicted octanol–water partition coefficient (Wildman–Crippen LogP) is 0.666. The third-order valence-electron chi connectivity index (χ3n) is 0.486. The van der Waals surface area contributed by atoms with Crippen molar-refractivity contribution in [3.8, 4) is 0 Å². The zero-order valence-corrected chi connectivity index (χ0v) is 3.26. The molecule has 2 nitrogen and oxygen atoms in total. The topological polar surface area (TPSA) is 18.5 Å². The van der Waals surface area contributed by atoms with Crippen LogP contribution in [-0.2, 0) is 9.47 Å². The Labute approximate surface area is 36.4 Å². The van der Waals surface area contributed by atoms with Crippen molar-refractivity contribution >= 4 is 0 Å². The lowest BCUT2D eigenvalue weighted by atomic mass is 10.7. The molecule has 0 N–H and O–H groups in total. The average molecular weight is 85.1 g/mol. The van der Waals surface area contributed by atoms with Crippen LogP contribution >= 0.6 is 0 Å². The van der Waals surface area contributed by atoms with Gasteiger partial charge in [-0.1, -0.05) is 0 Å². The van der Waals surface area contributed by atoms with Gasteiger partial charge in [-0.05, 0) is 6.08 Å². The number of hydrogen-bond donors (Lipinski definition) is 0. The molecule has 1 rings (SSSR count). The van der Waals surface area contributed by atoms with E-state index in [-0.39, 0.29) is 0 Å². The van der Waals surface area contributed by atoms with Crippen LogP contribution in [0.1, 0.15) is 0 Å². The summed E-state index contributed by atoms with van der Waals surface area (Å²) in [4.78, 5) is 0. The second-order valence-corrected chi connectivity index (χ2v) is 0.916. The second-order valence-electron chi connectivity index (χ2n) is 0.916. The molecule has 0 aromatic carbocycles. The first-order valence-corrected chi connectivity index (χ1v) is 1.72. The summed E-state index contributed by atoms with van der Waals surface area (Å²) in [5.74, 6) is 0. The largest absolute Gasteiger partial charge is 0.475 e. The van der Waals surface area contributed by atoms with Gasteiger partial charge in [0.1, 0.15) is 6.61 Å². The summed E-state index contributed by atoms with van der Waals surface area (Å²) in [6.07, 6.45) is 3.28. The Morgan fingerprint density at radius 1 is 1.33 bits per heavy atom. The Bertz CT molecular complexity index is 50.6. The molecule has 33 valence electrons. The zero-order chi connectivity index (χ0) is 4.24. The van der Waals surface area contributed by atoms with Crippen molar-refractivity contribution in [3.05, 3.63) is 18.9 Å². The third-order valence-corrected chi connectivity index (χ3v) is 0.486. The molecule has 0 bridgehead atoms. The fourth-order valence-electron chi connectivity index (χ4n) is 0.261. The van der Waals surface area contributed by atoms with E-state index in [4.69, 9.17) is 0 Å². The van der Waals surface area contributed by atoms with Crippen molar-refractivity contribution in [1.29, 1.82) is 0 Å². The Balaban J connectivity index is 2.26. The van der Waals surface area contributed by atoms with E-state index >= 15 is 0 Å². The fourth-order valence-corrected chi connectivity index (χ4v) is 0.261. The Hall–Kier alpha value is -0.500. The molecule has 0 fully saturated rings. The van der Waals surface area contributed by atoms with Gasteiger partial charge >= 0.3 is 0 Å². The van der Waals surface area contributed by atoms with Crippen molar-refractivity contribution in [2.45, 2.75) is 0 Å². The van der Waals surface area contributed by atoms with Gasteiger partial charge in [0.15, 0.2) is 6.79 Å². The highest BCUT2D eigenvalue weighted by atomic mass is 16.7. The molecule has 0 amide bonds. The van der Waals surface area contributed by atoms with Crippen molar-refractivity contribution in [2.24, 2.45) is 0 Å². The van der Waals surface area contributed by atoms with Gasteiger partial charge in [0.25, 0.3) is 0 Å². The van der Waals surface area contributed by atoms with Crippen LogP contribution in [0.15, 0.2) is 12.3 Å². The molecule has 1 radical (unpaired) electrons. The van der Waals surface area contributed by atoms with Gasteiger partial charge < -0.3 is 9.47 Å². The van der Waals surface area contributed by atoms with E-state index in [1.54, 1.807) is 18.9 Å². The SMILES string of the molecule is [CH]1C=COCO1. The molecule has 2 heteroatoms. The molecular formula is C4H5O2. The molecule has 0 aromatic rings. The smallest absolute Gasteiger partial charge is 0.188 e. The highest BCUT2D eigenvalue weighted by Crippen LogP contribution is 1.92. The molecule has 0 saturated carbocycles. The maximum atomic E-state index is 4.64. The predicted molar refractivity (Wildman–Crippen MR) is 20.5 cm³/mol. The van der Waals surface area contributed by atoms with E-state index in [2.05, 4.69) is 9.47 Å². The standard InChI is InChI=1S/C4H5O2/c1-2-5-4-6-3-1/h1-3H,4H2. The van der Waals surface area contributed by atoms with Gasteiger partial charge in [-0.3, -0.25) is 0 Å². The molecule has 1 aliphatic rings. The second kappa shape index (κ2) is 1.82. The van der Waals surface area contributed by atoms with Crippen LogP contribution in [-0.4, -0.2) is 6.79 Å². The Morgan fingerprint density at radius 2 is 2.33 bits per heavy atom. The summed E-state index contributed by atoms with van der Waals surface area (Å²) < 4.78 is 9.27. The van der Waals surface area contributed by atoms with Crippen LogP contribution in [0, 0.1) is 6.61 Å². The van der Waals surface area contributed by atoms with Gasteiger partial charge in [-0.15, -0.1) is 0 Å². The molecule has 6 heavy (non-hydrogen) atoms. The third kappa shape index (κ3) is 0.723. The summed E-state index contributed by atoms with van der Waals surface area (Å²) in [5.41, 5.74) is 0. The molecule has 0 spiro atoms. The van der Waals surface area contributed by atoms with Gasteiger partial charge in [0, 0.05) is 0 Å². The van der Waals surface area contributed by atoms with Crippen molar-refractivity contribution in [2.75, 3.05) is 6.79 Å². The highest BCUT2D eigenvalue weighted by Gasteiger charge is 1.86. The van der Waals surface area contributed by atoms with E-state index in [1.165, 1.54) is 0 Å². The van der Waals surface area contributed by atoms with Gasteiger partial charge in [-0.2, -0.15) is 0 Å². The van der Waals surface area contributed by atoms with Gasteiger partial charge in [0.05, 0.1) is 6.26 Å². The summed E-state index contributed by atoms with van der Waals surface area (Å²) in [6, 6.07) is 0. The maximum absolute atomic E-state index is 4.64. The van der Waals surface area contributed by atoms with Crippen LogP contribution in [0.25, 0.3) is 0 Å². The lowest BCUT2D eigenvalue weighted by Gasteiger charge is -2.03. The van der Waals surface area contributed by atoms with Gasteiger partial charge in [-0.25, -0.2) is 0 Å². The number of rotatable bonds is 0. The van der Waals surface area contributed by atoms with Crippen LogP contribution in [0.3, 0.4) is 0 Å². The van der Waals surface area contributed by atoms with Crippen molar-refractivity contribution in [1.82, 2.24) is 0 Å². The lowest BCUT2D eigenvalue weighted by molar-refractivity contribution is 0.0145. The maximum Gasteiger partial charge on any atom is 0.188 e. The molecule has 1 aliphatic heterocycles. The van der Waals surface area contributed by atoms with Crippen LogP contribution in [0.5, 0.6) is 0 Å². The van der Waals surface area contributed by atoms with E-state index in [1.807, 2.05) is 0 Å². The number of hydrogen-bond acceptors (Lipinski definition) is 2. The van der Waals surface area contributed by atoms with E-state index in [9.17, 15) is 0 Å². The molecule has 0 saturated heterocycles.